The number of piperidine rings is 3. The van der Waals surface area contributed by atoms with Crippen LogP contribution < -0.4 is 0 Å². The van der Waals surface area contributed by atoms with Crippen LogP contribution in [0.1, 0.15) is 30.1 Å². The number of aliphatic hydroxyl groups is 2. The summed E-state index contributed by atoms with van der Waals surface area (Å²) in [5, 5.41) is 21.5. The molecule has 0 radical (unpaired) electrons. The van der Waals surface area contributed by atoms with Gasteiger partial charge in [-0.15, -0.1) is 6.58 Å². The summed E-state index contributed by atoms with van der Waals surface area (Å²) in [7, 11) is 0. The zero-order valence-corrected chi connectivity index (χ0v) is 13.8. The number of nitrogens with zero attached hydrogens (tertiary/aromatic N) is 2. The van der Waals surface area contributed by atoms with Crippen molar-refractivity contribution in [3.8, 4) is 0 Å². The van der Waals surface area contributed by atoms with Gasteiger partial charge in [0.25, 0.3) is 0 Å². The predicted molar refractivity (Wildman–Crippen MR) is 94.4 cm³/mol. The van der Waals surface area contributed by atoms with Crippen LogP contribution in [-0.4, -0.2) is 39.2 Å². The molecule has 2 bridgehead atoms. The Morgan fingerprint density at radius 2 is 2.25 bits per heavy atom. The van der Waals surface area contributed by atoms with E-state index in [1.807, 2.05) is 24.3 Å². The van der Waals surface area contributed by atoms with Gasteiger partial charge in [-0.1, -0.05) is 12.1 Å². The Balaban J connectivity index is 1.69. The fraction of sp³-hybridized carbons (Fsp3) is 0.450. The lowest BCUT2D eigenvalue weighted by atomic mass is 9.73. The van der Waals surface area contributed by atoms with Crippen molar-refractivity contribution in [1.29, 1.82) is 0 Å². The second-order valence-corrected chi connectivity index (χ2v) is 7.10. The highest BCUT2D eigenvalue weighted by Crippen LogP contribution is 2.42. The fourth-order valence-corrected chi connectivity index (χ4v) is 4.48. The average Bonchev–Trinajstić information content (AvgIpc) is 2.66. The molecule has 24 heavy (non-hydrogen) atoms. The van der Waals surface area contributed by atoms with E-state index in [2.05, 4.69) is 22.5 Å². The summed E-state index contributed by atoms with van der Waals surface area (Å²) >= 11 is 0. The number of benzene rings is 1. The largest absolute Gasteiger partial charge is 0.392 e. The van der Waals surface area contributed by atoms with Gasteiger partial charge in [0.15, 0.2) is 0 Å². The zero-order valence-electron chi connectivity index (χ0n) is 13.8. The lowest BCUT2D eigenvalue weighted by Crippen LogP contribution is -2.54. The molecule has 5 atom stereocenters. The summed E-state index contributed by atoms with van der Waals surface area (Å²) < 4.78 is 0. The van der Waals surface area contributed by atoms with Crippen molar-refractivity contribution >= 4 is 10.9 Å². The Bertz CT molecular complexity index is 760. The van der Waals surface area contributed by atoms with Crippen molar-refractivity contribution in [3.05, 3.63) is 54.2 Å². The molecule has 0 saturated carbocycles. The number of hydrogen-bond donors (Lipinski definition) is 2. The summed E-state index contributed by atoms with van der Waals surface area (Å²) in [6, 6.07) is 7.82. The van der Waals surface area contributed by atoms with E-state index in [1.165, 1.54) is 6.42 Å². The summed E-state index contributed by atoms with van der Waals surface area (Å²) in [4.78, 5) is 6.81. The Hall–Kier alpha value is -1.75. The van der Waals surface area contributed by atoms with Crippen molar-refractivity contribution in [2.75, 3.05) is 13.1 Å². The Morgan fingerprint density at radius 1 is 1.38 bits per heavy atom. The predicted octanol–water partition coefficient (Wildman–Crippen LogP) is 2.66. The van der Waals surface area contributed by atoms with Gasteiger partial charge in [-0.05, 0) is 60.5 Å². The minimum Gasteiger partial charge on any atom is -0.392 e. The molecule has 126 valence electrons. The van der Waals surface area contributed by atoms with Crippen molar-refractivity contribution in [3.63, 3.8) is 0 Å². The smallest absolute Gasteiger partial charge is 0.0952 e. The first kappa shape index (κ1) is 15.8. The first-order valence-electron chi connectivity index (χ1n) is 8.74. The van der Waals surface area contributed by atoms with Gasteiger partial charge in [-0.3, -0.25) is 9.88 Å². The molecule has 4 heteroatoms. The Labute approximate surface area is 142 Å². The molecule has 0 aliphatic carbocycles. The molecule has 3 fully saturated rings. The van der Waals surface area contributed by atoms with Crippen molar-refractivity contribution in [1.82, 2.24) is 9.88 Å². The molecule has 3 aliphatic rings. The van der Waals surface area contributed by atoms with E-state index >= 15 is 0 Å². The monoisotopic (exact) mass is 324 g/mol. The second-order valence-electron chi connectivity index (χ2n) is 7.10. The van der Waals surface area contributed by atoms with Crippen LogP contribution in [0.3, 0.4) is 0 Å². The zero-order chi connectivity index (χ0) is 16.7. The minimum atomic E-state index is -0.530. The number of rotatable bonds is 4. The normalized spacial score (nSPS) is 30.4. The van der Waals surface area contributed by atoms with Gasteiger partial charge in [0.2, 0.25) is 0 Å². The van der Waals surface area contributed by atoms with Crippen LogP contribution in [0.4, 0.5) is 0 Å². The van der Waals surface area contributed by atoms with Crippen LogP contribution >= 0.6 is 0 Å². The highest BCUT2D eigenvalue weighted by molar-refractivity contribution is 5.83. The van der Waals surface area contributed by atoms with Gasteiger partial charge in [0, 0.05) is 24.2 Å². The third-order valence-electron chi connectivity index (χ3n) is 5.86. The van der Waals surface area contributed by atoms with Gasteiger partial charge in [0.05, 0.1) is 18.2 Å². The standard InChI is InChI=1S/C20H24N2O2/c1-2-14-11-22-8-6-15(14)10-19(22)20(24)16-5-7-21-18-4-3-13(12-23)9-17(16)18/h2-5,7,9,14-15,19-20,23-24H,1,6,8,10-12H2/t14-,15?,19-,20-/m0/s1. The van der Waals surface area contributed by atoms with E-state index in [0.717, 1.165) is 41.5 Å². The molecular weight excluding hydrogens is 300 g/mol. The number of aromatic nitrogens is 1. The average molecular weight is 324 g/mol. The first-order valence-corrected chi connectivity index (χ1v) is 8.74. The van der Waals surface area contributed by atoms with Gasteiger partial charge >= 0.3 is 0 Å². The van der Waals surface area contributed by atoms with Gasteiger partial charge < -0.3 is 10.2 Å². The fourth-order valence-electron chi connectivity index (χ4n) is 4.48. The maximum Gasteiger partial charge on any atom is 0.0952 e. The van der Waals surface area contributed by atoms with Crippen molar-refractivity contribution < 1.29 is 10.2 Å². The number of pyridine rings is 1. The third kappa shape index (κ3) is 2.55. The molecule has 4 nitrogen and oxygen atoms in total. The quantitative estimate of drug-likeness (QED) is 0.849. The van der Waals surface area contributed by atoms with Gasteiger partial charge in [-0.2, -0.15) is 0 Å². The number of aliphatic hydroxyl groups excluding tert-OH is 2. The van der Waals surface area contributed by atoms with Crippen LogP contribution in [0.25, 0.3) is 10.9 Å². The third-order valence-corrected chi connectivity index (χ3v) is 5.86. The van der Waals surface area contributed by atoms with E-state index in [-0.39, 0.29) is 12.6 Å². The van der Waals surface area contributed by atoms with E-state index in [1.54, 1.807) is 6.20 Å². The lowest BCUT2D eigenvalue weighted by Gasteiger charge is -2.50. The molecule has 1 aromatic carbocycles. The van der Waals surface area contributed by atoms with E-state index in [0.29, 0.717) is 11.8 Å². The molecule has 2 aromatic rings. The summed E-state index contributed by atoms with van der Waals surface area (Å²) in [6.07, 6.45) is 5.53. The van der Waals surface area contributed by atoms with E-state index in [9.17, 15) is 10.2 Å². The first-order chi connectivity index (χ1) is 11.7. The van der Waals surface area contributed by atoms with E-state index < -0.39 is 6.10 Å². The molecule has 0 amide bonds. The molecule has 2 unspecified atom stereocenters. The van der Waals surface area contributed by atoms with E-state index in [4.69, 9.17) is 0 Å². The highest BCUT2D eigenvalue weighted by atomic mass is 16.3. The summed E-state index contributed by atoms with van der Waals surface area (Å²) in [6.45, 7) is 6.03. The minimum absolute atomic E-state index is 0.000980. The molecule has 1 aromatic heterocycles. The second kappa shape index (κ2) is 6.28. The Morgan fingerprint density at radius 3 is 2.96 bits per heavy atom. The molecule has 0 spiro atoms. The molecule has 4 heterocycles. The van der Waals surface area contributed by atoms with Crippen LogP contribution in [0.15, 0.2) is 43.1 Å². The van der Waals surface area contributed by atoms with Crippen LogP contribution in [0.5, 0.6) is 0 Å². The topological polar surface area (TPSA) is 56.6 Å². The van der Waals surface area contributed by atoms with Gasteiger partial charge in [-0.25, -0.2) is 0 Å². The van der Waals surface area contributed by atoms with Crippen molar-refractivity contribution in [2.24, 2.45) is 11.8 Å². The molecule has 3 saturated heterocycles. The highest BCUT2D eigenvalue weighted by Gasteiger charge is 2.42. The molecule has 2 N–H and O–H groups in total. The van der Waals surface area contributed by atoms with Gasteiger partial charge in [0.1, 0.15) is 0 Å². The van der Waals surface area contributed by atoms with Crippen LogP contribution in [-0.2, 0) is 6.61 Å². The Kier molecular flexibility index (Phi) is 4.12. The molecule has 5 rings (SSSR count). The van der Waals surface area contributed by atoms with Crippen molar-refractivity contribution in [2.45, 2.75) is 31.6 Å². The summed E-state index contributed by atoms with van der Waals surface area (Å²) in [5.74, 6) is 1.19. The number of hydrogen-bond acceptors (Lipinski definition) is 4. The lowest BCUT2D eigenvalue weighted by molar-refractivity contribution is -0.0444. The molecular formula is C20H24N2O2. The van der Waals surface area contributed by atoms with Crippen LogP contribution in [0, 0.1) is 11.8 Å². The molecule has 3 aliphatic heterocycles. The summed E-state index contributed by atoms with van der Waals surface area (Å²) in [5.41, 5.74) is 2.63. The maximum atomic E-state index is 11.1. The SMILES string of the molecule is C=C[C@H]1CN2CCC1C[C@H]2[C@@H](O)c1ccnc2ccc(CO)cc12. The van der Waals surface area contributed by atoms with Crippen LogP contribution in [0.2, 0.25) is 0 Å². The maximum absolute atomic E-state index is 11.1. The number of fused-ring (bicyclic) bond motifs is 4.